The highest BCUT2D eigenvalue weighted by Gasteiger charge is 2.10. The van der Waals surface area contributed by atoms with Gasteiger partial charge in [-0.1, -0.05) is 26.0 Å². The molecule has 0 saturated carbocycles. The van der Waals surface area contributed by atoms with Gasteiger partial charge in [-0.25, -0.2) is 0 Å². The Balaban J connectivity index is 1.67. The number of nitrogens with zero attached hydrogens (tertiary/aromatic N) is 1. The van der Waals surface area contributed by atoms with E-state index in [1.54, 1.807) is 0 Å². The summed E-state index contributed by atoms with van der Waals surface area (Å²) in [5, 5.41) is 3.58. The van der Waals surface area contributed by atoms with Gasteiger partial charge in [0.15, 0.2) is 0 Å². The van der Waals surface area contributed by atoms with Crippen LogP contribution in [0.15, 0.2) is 29.2 Å². The summed E-state index contributed by atoms with van der Waals surface area (Å²) < 4.78 is 5.31. The highest BCUT2D eigenvalue weighted by molar-refractivity contribution is 7.99. The molecule has 1 aromatic carbocycles. The van der Waals surface area contributed by atoms with Crippen molar-refractivity contribution in [3.63, 3.8) is 0 Å². The molecule has 22 heavy (non-hydrogen) atoms. The van der Waals surface area contributed by atoms with Crippen LogP contribution in [0.2, 0.25) is 0 Å². The van der Waals surface area contributed by atoms with Crippen LogP contribution in [0.1, 0.15) is 19.4 Å². The molecule has 1 saturated heterocycles. The molecule has 0 spiro atoms. The topological polar surface area (TPSA) is 41.6 Å². The minimum absolute atomic E-state index is 0.0949. The van der Waals surface area contributed by atoms with Crippen molar-refractivity contribution >= 4 is 17.7 Å². The molecule has 5 heteroatoms. The SMILES string of the molecule is CC(C)Sc1ccc(CC(=O)NCCN2CCOCC2)cc1. The molecule has 2 rings (SSSR count). The summed E-state index contributed by atoms with van der Waals surface area (Å²) in [6.45, 7) is 9.50. The number of ether oxygens (including phenoxy) is 1. The Kier molecular flexibility index (Phi) is 7.22. The van der Waals surface area contributed by atoms with Crippen LogP contribution in [0.5, 0.6) is 0 Å². The summed E-state index contributed by atoms with van der Waals surface area (Å²) in [5.41, 5.74) is 1.07. The number of rotatable bonds is 7. The summed E-state index contributed by atoms with van der Waals surface area (Å²) in [6.07, 6.45) is 0.454. The number of morpholine rings is 1. The van der Waals surface area contributed by atoms with Gasteiger partial charge in [-0.2, -0.15) is 0 Å². The van der Waals surface area contributed by atoms with Gasteiger partial charge < -0.3 is 10.1 Å². The van der Waals surface area contributed by atoms with Crippen LogP contribution in [-0.2, 0) is 16.0 Å². The lowest BCUT2D eigenvalue weighted by atomic mass is 10.1. The van der Waals surface area contributed by atoms with Gasteiger partial charge in [0.25, 0.3) is 0 Å². The fourth-order valence-electron chi connectivity index (χ4n) is 2.38. The normalized spacial score (nSPS) is 16.0. The van der Waals surface area contributed by atoms with E-state index in [0.717, 1.165) is 38.4 Å². The van der Waals surface area contributed by atoms with Crippen molar-refractivity contribution in [1.82, 2.24) is 10.2 Å². The number of hydrogen-bond acceptors (Lipinski definition) is 4. The smallest absolute Gasteiger partial charge is 0.224 e. The van der Waals surface area contributed by atoms with E-state index in [-0.39, 0.29) is 5.91 Å². The Bertz CT molecular complexity index is 456. The number of benzene rings is 1. The van der Waals surface area contributed by atoms with Gasteiger partial charge in [0, 0.05) is 36.3 Å². The van der Waals surface area contributed by atoms with Gasteiger partial charge >= 0.3 is 0 Å². The van der Waals surface area contributed by atoms with Crippen LogP contribution in [0.4, 0.5) is 0 Å². The van der Waals surface area contributed by atoms with Gasteiger partial charge in [0.2, 0.25) is 5.91 Å². The van der Waals surface area contributed by atoms with Crippen LogP contribution in [-0.4, -0.2) is 55.4 Å². The number of carbonyl (C=O) groups is 1. The number of thioether (sulfide) groups is 1. The number of hydrogen-bond donors (Lipinski definition) is 1. The number of carbonyl (C=O) groups excluding carboxylic acids is 1. The first-order chi connectivity index (χ1) is 10.6. The third-order valence-corrected chi connectivity index (χ3v) is 4.53. The summed E-state index contributed by atoms with van der Waals surface area (Å²) >= 11 is 1.84. The quantitative estimate of drug-likeness (QED) is 0.781. The second kappa shape index (κ2) is 9.18. The first-order valence-corrected chi connectivity index (χ1v) is 8.84. The van der Waals surface area contributed by atoms with Crippen molar-refractivity contribution in [1.29, 1.82) is 0 Å². The Morgan fingerprint density at radius 1 is 1.27 bits per heavy atom. The number of amides is 1. The number of nitrogens with one attached hydrogen (secondary N) is 1. The molecule has 4 nitrogen and oxygen atoms in total. The Morgan fingerprint density at radius 2 is 1.95 bits per heavy atom. The molecule has 1 fully saturated rings. The van der Waals surface area contributed by atoms with Gasteiger partial charge in [-0.15, -0.1) is 11.8 Å². The fraction of sp³-hybridized carbons (Fsp3) is 0.588. The van der Waals surface area contributed by atoms with E-state index in [1.165, 1.54) is 4.90 Å². The van der Waals surface area contributed by atoms with E-state index in [2.05, 4.69) is 36.2 Å². The third-order valence-electron chi connectivity index (χ3n) is 3.51. The van der Waals surface area contributed by atoms with Crippen molar-refractivity contribution in [3.8, 4) is 0 Å². The van der Waals surface area contributed by atoms with Crippen LogP contribution < -0.4 is 5.32 Å². The lowest BCUT2D eigenvalue weighted by Crippen LogP contribution is -2.41. The minimum atomic E-state index is 0.0949. The zero-order valence-electron chi connectivity index (χ0n) is 13.5. The van der Waals surface area contributed by atoms with Gasteiger partial charge in [0.1, 0.15) is 0 Å². The molecule has 1 aromatic rings. The molecule has 0 aliphatic carbocycles. The standard InChI is InChI=1S/C17H26N2O2S/c1-14(2)22-16-5-3-15(4-6-16)13-17(20)18-7-8-19-9-11-21-12-10-19/h3-6,14H,7-13H2,1-2H3,(H,18,20). The maximum Gasteiger partial charge on any atom is 0.224 e. The van der Waals surface area contributed by atoms with Crippen molar-refractivity contribution in [2.45, 2.75) is 30.4 Å². The molecule has 1 aliphatic heterocycles. The molecule has 0 bridgehead atoms. The van der Waals surface area contributed by atoms with Crippen molar-refractivity contribution in [2.75, 3.05) is 39.4 Å². The van der Waals surface area contributed by atoms with Gasteiger partial charge in [-0.05, 0) is 17.7 Å². The molecular weight excluding hydrogens is 296 g/mol. The molecule has 1 N–H and O–H groups in total. The van der Waals surface area contributed by atoms with E-state index < -0.39 is 0 Å². The highest BCUT2D eigenvalue weighted by atomic mass is 32.2. The Morgan fingerprint density at radius 3 is 2.59 bits per heavy atom. The first kappa shape index (κ1) is 17.3. The molecule has 1 aliphatic rings. The summed E-state index contributed by atoms with van der Waals surface area (Å²) in [6, 6.07) is 8.29. The third kappa shape index (κ3) is 6.38. The molecule has 1 heterocycles. The zero-order valence-corrected chi connectivity index (χ0v) is 14.3. The second-order valence-corrected chi connectivity index (χ2v) is 7.44. The average Bonchev–Trinajstić information content (AvgIpc) is 2.50. The second-order valence-electron chi connectivity index (χ2n) is 5.79. The lowest BCUT2D eigenvalue weighted by Gasteiger charge is -2.26. The van der Waals surface area contributed by atoms with E-state index in [4.69, 9.17) is 4.74 Å². The molecule has 122 valence electrons. The average molecular weight is 322 g/mol. The van der Waals surface area contributed by atoms with E-state index in [1.807, 2.05) is 23.9 Å². The van der Waals surface area contributed by atoms with E-state index >= 15 is 0 Å². The largest absolute Gasteiger partial charge is 0.379 e. The molecule has 0 aromatic heterocycles. The van der Waals surface area contributed by atoms with Crippen molar-refractivity contribution < 1.29 is 9.53 Å². The van der Waals surface area contributed by atoms with E-state index in [0.29, 0.717) is 18.2 Å². The predicted octanol–water partition coefficient (Wildman–Crippen LogP) is 2.18. The molecule has 0 unspecified atom stereocenters. The Hall–Kier alpha value is -1.04. The lowest BCUT2D eigenvalue weighted by molar-refractivity contribution is -0.120. The van der Waals surface area contributed by atoms with Gasteiger partial charge in [-0.3, -0.25) is 9.69 Å². The van der Waals surface area contributed by atoms with Crippen LogP contribution in [0.25, 0.3) is 0 Å². The zero-order chi connectivity index (χ0) is 15.8. The first-order valence-electron chi connectivity index (χ1n) is 7.96. The molecule has 0 atom stereocenters. The van der Waals surface area contributed by atoms with Gasteiger partial charge in [0.05, 0.1) is 19.6 Å². The van der Waals surface area contributed by atoms with Crippen molar-refractivity contribution in [3.05, 3.63) is 29.8 Å². The van der Waals surface area contributed by atoms with Crippen LogP contribution in [0.3, 0.4) is 0 Å². The monoisotopic (exact) mass is 322 g/mol. The summed E-state index contributed by atoms with van der Waals surface area (Å²) in [4.78, 5) is 15.5. The fourth-order valence-corrected chi connectivity index (χ4v) is 3.22. The Labute approximate surface area is 137 Å². The molecular formula is C17H26N2O2S. The maximum absolute atomic E-state index is 12.0. The van der Waals surface area contributed by atoms with E-state index in [9.17, 15) is 4.79 Å². The summed E-state index contributed by atoms with van der Waals surface area (Å²) in [7, 11) is 0. The van der Waals surface area contributed by atoms with Crippen molar-refractivity contribution in [2.24, 2.45) is 0 Å². The van der Waals surface area contributed by atoms with Crippen LogP contribution in [0, 0.1) is 0 Å². The minimum Gasteiger partial charge on any atom is -0.379 e. The summed E-state index contributed by atoms with van der Waals surface area (Å²) in [5.74, 6) is 0.0949. The highest BCUT2D eigenvalue weighted by Crippen LogP contribution is 2.22. The van der Waals surface area contributed by atoms with Crippen LogP contribution >= 0.6 is 11.8 Å². The molecule has 1 amide bonds. The maximum atomic E-state index is 12.0. The molecule has 0 radical (unpaired) electrons. The predicted molar refractivity (Wildman–Crippen MR) is 91.4 cm³/mol.